The highest BCUT2D eigenvalue weighted by Crippen LogP contribution is 2.27. The fourth-order valence-corrected chi connectivity index (χ4v) is 2.57. The molecule has 1 aromatic heterocycles. The lowest BCUT2D eigenvalue weighted by atomic mass is 9.97. The van der Waals surface area contributed by atoms with Crippen LogP contribution in [0.3, 0.4) is 0 Å². The Balaban J connectivity index is 2.23. The van der Waals surface area contributed by atoms with Crippen LogP contribution in [-0.4, -0.2) is 26.7 Å². The zero-order valence-corrected chi connectivity index (χ0v) is 11.9. The van der Waals surface area contributed by atoms with Crippen molar-refractivity contribution in [1.29, 1.82) is 0 Å². The summed E-state index contributed by atoms with van der Waals surface area (Å²) >= 11 is 0. The Morgan fingerprint density at radius 1 is 1.63 bits per heavy atom. The van der Waals surface area contributed by atoms with Gasteiger partial charge in [-0.15, -0.1) is 0 Å². The Hall–Kier alpha value is -1.36. The monoisotopic (exact) mass is 265 g/mol. The van der Waals surface area contributed by atoms with Crippen LogP contribution in [0.4, 0.5) is 0 Å². The zero-order valence-electron chi connectivity index (χ0n) is 11.9. The van der Waals surface area contributed by atoms with Gasteiger partial charge in [-0.2, -0.15) is 0 Å². The topological polar surface area (TPSA) is 67.2 Å². The maximum absolute atomic E-state index is 11.2. The summed E-state index contributed by atoms with van der Waals surface area (Å²) in [5.41, 5.74) is 2.13. The number of hydrogen-bond acceptors (Lipinski definition) is 3. The summed E-state index contributed by atoms with van der Waals surface area (Å²) in [6, 6.07) is -0.433. The van der Waals surface area contributed by atoms with Gasteiger partial charge in [-0.1, -0.05) is 20.8 Å². The van der Waals surface area contributed by atoms with Crippen molar-refractivity contribution in [3.05, 3.63) is 17.7 Å². The second kappa shape index (κ2) is 5.74. The summed E-state index contributed by atoms with van der Waals surface area (Å²) in [5.74, 6) is -0.141. The first-order valence-electron chi connectivity index (χ1n) is 7.05. The number of aromatic nitrogens is 2. The van der Waals surface area contributed by atoms with Crippen molar-refractivity contribution >= 4 is 5.97 Å². The molecule has 0 bridgehead atoms. The van der Waals surface area contributed by atoms with Crippen LogP contribution < -0.4 is 5.32 Å². The number of aryl methyl sites for hydroxylation is 1. The fourth-order valence-electron chi connectivity index (χ4n) is 2.57. The molecule has 0 aromatic carbocycles. The molecule has 1 aliphatic heterocycles. The molecule has 0 saturated heterocycles. The van der Waals surface area contributed by atoms with Gasteiger partial charge in [-0.25, -0.2) is 4.98 Å². The van der Waals surface area contributed by atoms with Gasteiger partial charge in [0, 0.05) is 18.7 Å². The number of aliphatic carboxylic acids is 1. The first-order valence-corrected chi connectivity index (χ1v) is 7.05. The average Bonchev–Trinajstić information content (AvgIpc) is 2.78. The molecule has 1 aromatic rings. The number of carbonyl (C=O) groups is 1. The quantitative estimate of drug-likeness (QED) is 0.854. The van der Waals surface area contributed by atoms with E-state index in [1.165, 1.54) is 0 Å². The predicted octanol–water partition coefficient (Wildman–Crippen LogP) is 1.98. The van der Waals surface area contributed by atoms with Crippen LogP contribution in [-0.2, 0) is 17.8 Å². The second-order valence-corrected chi connectivity index (χ2v) is 5.67. The first kappa shape index (κ1) is 14.1. The molecular formula is C14H23N3O2. The van der Waals surface area contributed by atoms with Crippen LogP contribution in [0.25, 0.3) is 0 Å². The van der Waals surface area contributed by atoms with E-state index in [1.807, 2.05) is 6.33 Å². The smallest absolute Gasteiger partial charge is 0.321 e. The third-order valence-electron chi connectivity index (χ3n) is 3.76. The van der Waals surface area contributed by atoms with E-state index >= 15 is 0 Å². The van der Waals surface area contributed by atoms with Crippen molar-refractivity contribution < 1.29 is 9.90 Å². The molecule has 1 aliphatic rings. The maximum Gasteiger partial charge on any atom is 0.321 e. The van der Waals surface area contributed by atoms with Gasteiger partial charge in [0.15, 0.2) is 0 Å². The van der Waals surface area contributed by atoms with E-state index in [0.29, 0.717) is 12.3 Å². The Morgan fingerprint density at radius 3 is 2.95 bits per heavy atom. The van der Waals surface area contributed by atoms with Gasteiger partial charge in [0.05, 0.1) is 18.1 Å². The molecule has 5 heteroatoms. The maximum atomic E-state index is 11.2. The first-order chi connectivity index (χ1) is 9.02. The fraction of sp³-hybridized carbons (Fsp3) is 0.714. The van der Waals surface area contributed by atoms with Crippen LogP contribution in [0.5, 0.6) is 0 Å². The molecule has 0 radical (unpaired) electrons. The lowest BCUT2D eigenvalue weighted by molar-refractivity contribution is -0.139. The molecule has 106 valence electrons. The lowest BCUT2D eigenvalue weighted by Gasteiger charge is -2.28. The van der Waals surface area contributed by atoms with E-state index < -0.39 is 12.0 Å². The highest BCUT2D eigenvalue weighted by Gasteiger charge is 2.32. The number of nitrogens with one attached hydrogen (secondary N) is 1. The number of hydrogen-bond donors (Lipinski definition) is 2. The molecule has 2 rings (SSSR count). The SMILES string of the molecule is CCC1NC(C(=O)O)Cc2c1ncn2CCC(C)C. The number of imidazole rings is 1. The highest BCUT2D eigenvalue weighted by molar-refractivity contribution is 5.74. The number of fused-ring (bicyclic) bond motifs is 1. The summed E-state index contributed by atoms with van der Waals surface area (Å²) in [5, 5.41) is 12.4. The third kappa shape index (κ3) is 2.97. The summed E-state index contributed by atoms with van der Waals surface area (Å²) in [7, 11) is 0. The summed E-state index contributed by atoms with van der Waals surface area (Å²) < 4.78 is 2.13. The molecule has 2 unspecified atom stereocenters. The van der Waals surface area contributed by atoms with Crippen LogP contribution in [0.15, 0.2) is 6.33 Å². The molecule has 5 nitrogen and oxygen atoms in total. The van der Waals surface area contributed by atoms with Crippen LogP contribution in [0, 0.1) is 5.92 Å². The van der Waals surface area contributed by atoms with Gasteiger partial charge in [0.25, 0.3) is 0 Å². The molecule has 2 heterocycles. The number of rotatable bonds is 5. The van der Waals surface area contributed by atoms with Crippen molar-refractivity contribution in [3.63, 3.8) is 0 Å². The largest absolute Gasteiger partial charge is 0.480 e. The molecule has 0 fully saturated rings. The molecule has 0 saturated carbocycles. The van der Waals surface area contributed by atoms with Crippen LogP contribution >= 0.6 is 0 Å². The Kier molecular flexibility index (Phi) is 4.24. The van der Waals surface area contributed by atoms with E-state index in [2.05, 4.69) is 35.6 Å². The minimum atomic E-state index is -0.777. The molecule has 0 amide bonds. The molecule has 19 heavy (non-hydrogen) atoms. The van der Waals surface area contributed by atoms with E-state index in [9.17, 15) is 9.90 Å². The van der Waals surface area contributed by atoms with Gasteiger partial charge < -0.3 is 9.67 Å². The summed E-state index contributed by atoms with van der Waals surface area (Å²) in [4.78, 5) is 15.7. The number of carboxylic acid groups (broad SMARTS) is 1. The van der Waals surface area contributed by atoms with E-state index in [1.54, 1.807) is 0 Å². The minimum Gasteiger partial charge on any atom is -0.480 e. The molecule has 2 N–H and O–H groups in total. The van der Waals surface area contributed by atoms with Crippen molar-refractivity contribution in [2.45, 2.75) is 58.7 Å². The van der Waals surface area contributed by atoms with Gasteiger partial charge in [0.1, 0.15) is 6.04 Å². The molecule has 0 spiro atoms. The molecular weight excluding hydrogens is 242 g/mol. The Morgan fingerprint density at radius 2 is 2.37 bits per heavy atom. The molecule has 0 aliphatic carbocycles. The molecule has 2 atom stereocenters. The van der Waals surface area contributed by atoms with Gasteiger partial charge in [-0.3, -0.25) is 10.1 Å². The Labute approximate surface area is 114 Å². The van der Waals surface area contributed by atoms with Gasteiger partial charge in [0.2, 0.25) is 0 Å². The van der Waals surface area contributed by atoms with Crippen molar-refractivity contribution in [3.8, 4) is 0 Å². The second-order valence-electron chi connectivity index (χ2n) is 5.67. The average molecular weight is 265 g/mol. The van der Waals surface area contributed by atoms with E-state index in [0.717, 1.165) is 30.8 Å². The Bertz CT molecular complexity index is 454. The van der Waals surface area contributed by atoms with E-state index in [4.69, 9.17) is 0 Å². The number of nitrogens with zero attached hydrogens (tertiary/aromatic N) is 2. The highest BCUT2D eigenvalue weighted by atomic mass is 16.4. The van der Waals surface area contributed by atoms with E-state index in [-0.39, 0.29) is 6.04 Å². The lowest BCUT2D eigenvalue weighted by Crippen LogP contribution is -2.45. The van der Waals surface area contributed by atoms with Crippen molar-refractivity contribution in [1.82, 2.24) is 14.9 Å². The normalized spacial score (nSPS) is 22.5. The van der Waals surface area contributed by atoms with Crippen LogP contribution in [0.2, 0.25) is 0 Å². The van der Waals surface area contributed by atoms with Crippen molar-refractivity contribution in [2.75, 3.05) is 0 Å². The third-order valence-corrected chi connectivity index (χ3v) is 3.76. The standard InChI is InChI=1S/C14H23N3O2/c1-4-10-13-12(7-11(16-10)14(18)19)17(8-15-13)6-5-9(2)3/h8-11,16H,4-7H2,1-3H3,(H,18,19). The minimum absolute atomic E-state index is 0.0603. The van der Waals surface area contributed by atoms with Crippen LogP contribution in [0.1, 0.15) is 51.0 Å². The predicted molar refractivity (Wildman–Crippen MR) is 73.0 cm³/mol. The zero-order chi connectivity index (χ0) is 14.0. The van der Waals surface area contributed by atoms with Crippen molar-refractivity contribution in [2.24, 2.45) is 5.92 Å². The summed E-state index contributed by atoms with van der Waals surface area (Å²) in [6.45, 7) is 7.36. The van der Waals surface area contributed by atoms with Gasteiger partial charge >= 0.3 is 5.97 Å². The van der Waals surface area contributed by atoms with Gasteiger partial charge in [-0.05, 0) is 18.8 Å². The summed E-state index contributed by atoms with van der Waals surface area (Å²) in [6.07, 6.45) is 4.34. The number of carboxylic acids is 1.